The van der Waals surface area contributed by atoms with Gasteiger partial charge in [-0.25, -0.2) is 4.79 Å². The summed E-state index contributed by atoms with van der Waals surface area (Å²) in [4.78, 5) is 26.7. The van der Waals surface area contributed by atoms with Gasteiger partial charge in [0.05, 0.1) is 17.5 Å². The number of rotatable bonds is 3. The smallest absolute Gasteiger partial charge is 0.350 e. The third kappa shape index (κ3) is 2.78. The Morgan fingerprint density at radius 2 is 1.67 bits per heavy atom. The molecule has 0 aliphatic rings. The van der Waals surface area contributed by atoms with E-state index in [1.54, 1.807) is 24.5 Å². The number of nitrogen functional groups attached to an aromatic ring is 1. The van der Waals surface area contributed by atoms with E-state index in [9.17, 15) is 9.59 Å². The lowest BCUT2D eigenvalue weighted by Crippen LogP contribution is -2.18. The van der Waals surface area contributed by atoms with E-state index in [0.717, 1.165) is 11.1 Å². The lowest BCUT2D eigenvalue weighted by atomic mass is 10.1. The molecule has 0 fully saturated rings. The van der Waals surface area contributed by atoms with Crippen molar-refractivity contribution in [1.29, 1.82) is 0 Å². The van der Waals surface area contributed by atoms with E-state index in [1.807, 2.05) is 48.5 Å². The molecule has 5 nitrogen and oxygen atoms in total. The van der Waals surface area contributed by atoms with Gasteiger partial charge in [0.15, 0.2) is 0 Å². The van der Waals surface area contributed by atoms with E-state index in [1.165, 1.54) is 11.3 Å². The molecule has 0 saturated heterocycles. The van der Waals surface area contributed by atoms with Gasteiger partial charge in [-0.1, -0.05) is 36.4 Å². The van der Waals surface area contributed by atoms with Crippen molar-refractivity contribution in [3.63, 3.8) is 0 Å². The summed E-state index contributed by atoms with van der Waals surface area (Å²) in [5, 5.41) is 2.00. The van der Waals surface area contributed by atoms with Crippen molar-refractivity contribution in [2.45, 2.75) is 20.0 Å². The number of hydrogen-bond acceptors (Lipinski definition) is 5. The van der Waals surface area contributed by atoms with E-state index >= 15 is 0 Å². The maximum absolute atomic E-state index is 13.2. The number of carbonyl (C=O) groups excluding carboxylic acids is 1. The molecule has 0 aliphatic heterocycles. The molecular formula is C21H18N2O3S. The van der Waals surface area contributed by atoms with Crippen LogP contribution in [0.3, 0.4) is 0 Å². The third-order valence-electron chi connectivity index (χ3n) is 4.30. The van der Waals surface area contributed by atoms with Crippen molar-refractivity contribution in [2.24, 2.45) is 0 Å². The number of fused-ring (bicyclic) bond motifs is 3. The molecule has 2 aromatic heterocycles. The maximum atomic E-state index is 13.2. The zero-order valence-electron chi connectivity index (χ0n) is 14.9. The Balaban J connectivity index is 2.14. The third-order valence-corrected chi connectivity index (χ3v) is 5.47. The van der Waals surface area contributed by atoms with Crippen molar-refractivity contribution in [2.75, 3.05) is 5.73 Å². The average molecular weight is 378 g/mol. The Kier molecular flexibility index (Phi) is 4.20. The zero-order chi connectivity index (χ0) is 19.1. The first-order valence-electron chi connectivity index (χ1n) is 8.61. The monoisotopic (exact) mass is 378 g/mol. The van der Waals surface area contributed by atoms with Crippen molar-refractivity contribution >= 4 is 44.0 Å². The van der Waals surface area contributed by atoms with E-state index in [-0.39, 0.29) is 11.7 Å². The maximum Gasteiger partial charge on any atom is 0.350 e. The molecule has 0 radical (unpaired) electrons. The number of anilines is 1. The topological polar surface area (TPSA) is 74.3 Å². The van der Waals surface area contributed by atoms with Crippen LogP contribution in [0.1, 0.15) is 23.5 Å². The molecule has 136 valence electrons. The van der Waals surface area contributed by atoms with Gasteiger partial charge < -0.3 is 10.5 Å². The van der Waals surface area contributed by atoms with E-state index < -0.39 is 5.97 Å². The van der Waals surface area contributed by atoms with Crippen molar-refractivity contribution in [3.05, 3.63) is 69.8 Å². The first-order valence-corrected chi connectivity index (χ1v) is 9.43. The highest BCUT2D eigenvalue weighted by Crippen LogP contribution is 2.38. The minimum Gasteiger partial charge on any atom is -0.459 e. The quantitative estimate of drug-likeness (QED) is 0.538. The largest absolute Gasteiger partial charge is 0.459 e. The van der Waals surface area contributed by atoms with Crippen molar-refractivity contribution in [1.82, 2.24) is 4.57 Å². The van der Waals surface area contributed by atoms with E-state index in [2.05, 4.69) is 0 Å². The normalized spacial score (nSPS) is 11.4. The number of esters is 1. The molecular weight excluding hydrogens is 360 g/mol. The molecule has 27 heavy (non-hydrogen) atoms. The predicted octanol–water partition coefficient (Wildman–Crippen LogP) is 4.35. The molecule has 0 spiro atoms. The molecule has 6 heteroatoms. The second kappa shape index (κ2) is 6.55. The van der Waals surface area contributed by atoms with Crippen LogP contribution in [0.5, 0.6) is 0 Å². The molecule has 0 bridgehead atoms. The van der Waals surface area contributed by atoms with Crippen LogP contribution in [0.15, 0.2) is 59.4 Å². The van der Waals surface area contributed by atoms with Gasteiger partial charge in [-0.2, -0.15) is 0 Å². The molecule has 4 rings (SSSR count). The predicted molar refractivity (Wildman–Crippen MR) is 110 cm³/mol. The van der Waals surface area contributed by atoms with Gasteiger partial charge in [-0.3, -0.25) is 9.36 Å². The molecule has 0 saturated carbocycles. The summed E-state index contributed by atoms with van der Waals surface area (Å²) in [7, 11) is 0. The van der Waals surface area contributed by atoms with Gasteiger partial charge in [0.2, 0.25) is 0 Å². The molecule has 2 N–H and O–H groups in total. The van der Waals surface area contributed by atoms with Crippen LogP contribution in [0.4, 0.5) is 5.69 Å². The van der Waals surface area contributed by atoms with Crippen LogP contribution in [0.2, 0.25) is 0 Å². The Bertz CT molecular complexity index is 1220. The van der Waals surface area contributed by atoms with Gasteiger partial charge in [0, 0.05) is 10.8 Å². The van der Waals surface area contributed by atoms with Gasteiger partial charge in [0.1, 0.15) is 9.71 Å². The highest BCUT2D eigenvalue weighted by molar-refractivity contribution is 7.21. The van der Waals surface area contributed by atoms with Gasteiger partial charge in [-0.15, -0.1) is 11.3 Å². The van der Waals surface area contributed by atoms with Crippen LogP contribution in [-0.2, 0) is 4.74 Å². The Hall–Kier alpha value is -3.12. The Morgan fingerprint density at radius 3 is 2.33 bits per heavy atom. The second-order valence-corrected chi connectivity index (χ2v) is 7.50. The van der Waals surface area contributed by atoms with E-state index in [0.29, 0.717) is 26.2 Å². The van der Waals surface area contributed by atoms with Crippen LogP contribution >= 0.6 is 11.3 Å². The number of nitrogens with zero attached hydrogens (tertiary/aromatic N) is 1. The molecule has 0 amide bonds. The fourth-order valence-electron chi connectivity index (χ4n) is 3.18. The molecule has 2 heterocycles. The number of thiophene rings is 1. The number of para-hydroxylation sites is 1. The van der Waals surface area contributed by atoms with Gasteiger partial charge >= 0.3 is 5.97 Å². The number of carbonyl (C=O) groups is 1. The SMILES string of the molecule is CC(C)OC(=O)c1sc2c(c1N)c1ccccc1c(=O)n2-c1ccccc1. The number of benzene rings is 2. The zero-order valence-corrected chi connectivity index (χ0v) is 15.7. The number of hydrogen-bond donors (Lipinski definition) is 1. The number of aromatic nitrogens is 1. The van der Waals surface area contributed by atoms with Crippen molar-refractivity contribution in [3.8, 4) is 5.69 Å². The van der Waals surface area contributed by atoms with Gasteiger partial charge in [-0.05, 0) is 37.4 Å². The first kappa shape index (κ1) is 17.3. The number of nitrogens with two attached hydrogens (primary N) is 1. The molecule has 0 aliphatic carbocycles. The summed E-state index contributed by atoms with van der Waals surface area (Å²) in [6.07, 6.45) is -0.254. The minimum atomic E-state index is -0.472. The van der Waals surface area contributed by atoms with Crippen molar-refractivity contribution < 1.29 is 9.53 Å². The number of ether oxygens (including phenoxy) is 1. The fourth-order valence-corrected chi connectivity index (χ4v) is 4.32. The molecule has 2 aromatic carbocycles. The highest BCUT2D eigenvalue weighted by Gasteiger charge is 2.24. The van der Waals surface area contributed by atoms with Gasteiger partial charge in [0.25, 0.3) is 5.56 Å². The first-order chi connectivity index (χ1) is 13.0. The average Bonchev–Trinajstić information content (AvgIpc) is 3.00. The lowest BCUT2D eigenvalue weighted by Gasteiger charge is -2.10. The summed E-state index contributed by atoms with van der Waals surface area (Å²) >= 11 is 1.19. The molecule has 0 unspecified atom stereocenters. The van der Waals surface area contributed by atoms with Crippen LogP contribution in [-0.4, -0.2) is 16.6 Å². The molecule has 0 atom stereocenters. The summed E-state index contributed by atoms with van der Waals surface area (Å²) in [6.45, 7) is 3.58. The minimum absolute atomic E-state index is 0.144. The Labute approximate surface area is 159 Å². The Morgan fingerprint density at radius 1 is 1.04 bits per heavy atom. The standard InChI is InChI=1S/C21H18N2O3S/c1-12(2)26-21(25)18-17(22)16-14-10-6-7-11-15(14)19(24)23(20(16)27-18)13-8-4-3-5-9-13/h3-12H,22H2,1-2H3. The van der Waals surface area contributed by atoms with Crippen LogP contribution in [0, 0.1) is 0 Å². The van der Waals surface area contributed by atoms with E-state index in [4.69, 9.17) is 10.5 Å². The summed E-state index contributed by atoms with van der Waals surface area (Å²) in [5.41, 5.74) is 7.30. The fraction of sp³-hybridized carbons (Fsp3) is 0.143. The second-order valence-electron chi connectivity index (χ2n) is 6.50. The summed E-state index contributed by atoms with van der Waals surface area (Å²) in [5.74, 6) is -0.472. The van der Waals surface area contributed by atoms with Crippen LogP contribution < -0.4 is 11.3 Å². The molecule has 4 aromatic rings. The summed E-state index contributed by atoms with van der Waals surface area (Å²) in [6, 6.07) is 16.7. The highest BCUT2D eigenvalue weighted by atomic mass is 32.1. The lowest BCUT2D eigenvalue weighted by molar-refractivity contribution is 0.0385. The van der Waals surface area contributed by atoms with Crippen LogP contribution in [0.25, 0.3) is 26.7 Å². The number of pyridine rings is 1. The summed E-state index contributed by atoms with van der Waals surface area (Å²) < 4.78 is 6.95.